The largest absolute Gasteiger partial charge is 0.335 e. The molecule has 0 bridgehead atoms. The first kappa shape index (κ1) is 37.6. The second kappa shape index (κ2) is 13.7. The van der Waals surface area contributed by atoms with Gasteiger partial charge in [-0.15, -0.1) is 0 Å². The van der Waals surface area contributed by atoms with Crippen LogP contribution in [-0.4, -0.2) is 18.1 Å². The molecule has 0 radical (unpaired) electrons. The van der Waals surface area contributed by atoms with Gasteiger partial charge in [0.25, 0.3) is 0 Å². The Hall–Kier alpha value is -9.38. The number of nitrogens with zero attached hydrogens (tertiary/aromatic N) is 4. The van der Waals surface area contributed by atoms with Crippen LogP contribution in [0.5, 0.6) is 0 Å². The number of aromatic nitrogens is 4. The Morgan fingerprint density at radius 2 is 0.732 bits per heavy atom. The Balaban J connectivity index is 1.09. The van der Waals surface area contributed by atoms with E-state index in [1.54, 1.807) is 0 Å². The molecule has 0 amide bonds. The quantitative estimate of drug-likeness (QED) is 0.168. The molecule has 0 atom stereocenters. The van der Waals surface area contributed by atoms with Crippen LogP contribution in [0.15, 0.2) is 231 Å². The van der Waals surface area contributed by atoms with Crippen molar-refractivity contribution in [3.63, 3.8) is 0 Å². The van der Waals surface area contributed by atoms with Crippen molar-refractivity contribution in [3.05, 3.63) is 236 Å². The monoisotopic (exact) mass is 900 g/mol. The van der Waals surface area contributed by atoms with Crippen molar-refractivity contribution in [2.75, 3.05) is 0 Å². The molecule has 0 fully saturated rings. The topological polar surface area (TPSA) is 19.2 Å². The van der Waals surface area contributed by atoms with Gasteiger partial charge in [0.2, 0.25) is 0 Å². The SMILES string of the molecule is c1ccc(-c2c3c(c(-c4ccccc4)c4c2c2cccc5c6c7c(ccc6n4c25)c2ccccc2n7-c2ccccc2)-c2cccc4c5c(ccc6c7ccccc7n(-c7ccccc7)c65)n(c24)C3)cc1. The summed E-state index contributed by atoms with van der Waals surface area (Å²) >= 11 is 0. The minimum atomic E-state index is 0.726. The van der Waals surface area contributed by atoms with Gasteiger partial charge < -0.3 is 18.1 Å². The van der Waals surface area contributed by atoms with E-state index in [2.05, 4.69) is 249 Å². The van der Waals surface area contributed by atoms with Crippen molar-refractivity contribution >= 4 is 104 Å². The molecule has 4 nitrogen and oxygen atoms in total. The summed E-state index contributed by atoms with van der Waals surface area (Å²) in [6, 6.07) is 85.8. The molecule has 0 aliphatic carbocycles. The first-order valence-corrected chi connectivity index (χ1v) is 24.7. The summed E-state index contributed by atoms with van der Waals surface area (Å²) < 4.78 is 10.3. The van der Waals surface area contributed by atoms with Crippen LogP contribution in [0.4, 0.5) is 0 Å². The van der Waals surface area contributed by atoms with E-state index in [4.69, 9.17) is 0 Å². The molecule has 0 N–H and O–H groups in total. The number of para-hydroxylation sites is 6. The average Bonchev–Trinajstić information content (AvgIpc) is 4.23. The normalized spacial score (nSPS) is 12.7. The van der Waals surface area contributed by atoms with Crippen molar-refractivity contribution in [1.82, 2.24) is 18.1 Å². The first-order valence-electron chi connectivity index (χ1n) is 24.7. The van der Waals surface area contributed by atoms with Gasteiger partial charge in [0, 0.05) is 82.9 Å². The van der Waals surface area contributed by atoms with Crippen molar-refractivity contribution < 1.29 is 0 Å². The minimum Gasteiger partial charge on any atom is -0.335 e. The fraction of sp³-hybridized carbons (Fsp3) is 0.0149. The second-order valence-electron chi connectivity index (χ2n) is 19.5. The van der Waals surface area contributed by atoms with E-state index in [1.807, 2.05) is 0 Å². The molecule has 328 valence electrons. The molecular formula is C67H40N4. The van der Waals surface area contributed by atoms with Crippen LogP contribution in [0.25, 0.3) is 148 Å². The van der Waals surface area contributed by atoms with E-state index in [1.165, 1.54) is 148 Å². The highest BCUT2D eigenvalue weighted by molar-refractivity contribution is 6.35. The molecule has 17 rings (SSSR count). The van der Waals surface area contributed by atoms with Crippen LogP contribution in [0.1, 0.15) is 5.56 Å². The summed E-state index contributed by atoms with van der Waals surface area (Å²) in [6.45, 7) is 0.726. The lowest BCUT2D eigenvalue weighted by Crippen LogP contribution is -2.11. The van der Waals surface area contributed by atoms with Gasteiger partial charge in [-0.1, -0.05) is 182 Å². The lowest BCUT2D eigenvalue weighted by Gasteiger charge is -2.28. The number of rotatable bonds is 4. The molecule has 5 aromatic heterocycles. The van der Waals surface area contributed by atoms with Gasteiger partial charge in [-0.25, -0.2) is 0 Å². The van der Waals surface area contributed by atoms with Gasteiger partial charge >= 0.3 is 0 Å². The zero-order valence-electron chi connectivity index (χ0n) is 38.4. The van der Waals surface area contributed by atoms with Crippen LogP contribution in [0.3, 0.4) is 0 Å². The van der Waals surface area contributed by atoms with Gasteiger partial charge in [0.1, 0.15) is 0 Å². The Morgan fingerprint density at radius 3 is 1.34 bits per heavy atom. The molecule has 4 heteroatoms. The summed E-state index contributed by atoms with van der Waals surface area (Å²) in [7, 11) is 0. The molecule has 0 saturated carbocycles. The predicted molar refractivity (Wildman–Crippen MR) is 298 cm³/mol. The number of hydrogen-bond donors (Lipinski definition) is 0. The zero-order valence-corrected chi connectivity index (χ0v) is 38.4. The molecule has 11 aromatic carbocycles. The standard InChI is InChI=1S/C67H40N4/c1-5-19-40(20-6-1)57-52-39-68-55-37-35-46-44-27-13-15-33-53(44)69(42-23-9-3-10-24-42)65(46)60(55)49-30-17-29-48(63(49)68)59(52)58(41-21-7-2-8-22-41)67-62(57)51-32-18-31-50-61-56(71(67)64(50)51)38-36-47-45-28-14-16-34-54(45)70(66(47)61)43-25-11-4-12-26-43/h1-38H,39H2. The van der Waals surface area contributed by atoms with Gasteiger partial charge in [-0.05, 0) is 76.3 Å². The molecule has 6 heterocycles. The molecule has 0 spiro atoms. The molecule has 1 aliphatic heterocycles. The molecule has 1 aliphatic rings. The fourth-order valence-electron chi connectivity index (χ4n) is 13.5. The fourth-order valence-corrected chi connectivity index (χ4v) is 13.5. The number of benzene rings is 11. The van der Waals surface area contributed by atoms with Crippen LogP contribution in [-0.2, 0) is 6.54 Å². The van der Waals surface area contributed by atoms with Gasteiger partial charge in [0.05, 0.1) is 49.7 Å². The van der Waals surface area contributed by atoms with Crippen molar-refractivity contribution in [2.24, 2.45) is 0 Å². The van der Waals surface area contributed by atoms with E-state index < -0.39 is 0 Å². The third-order valence-electron chi connectivity index (χ3n) is 16.1. The van der Waals surface area contributed by atoms with E-state index in [0.717, 1.165) is 12.2 Å². The highest BCUT2D eigenvalue weighted by Crippen LogP contribution is 2.56. The first-order chi connectivity index (χ1) is 35.3. The van der Waals surface area contributed by atoms with Crippen molar-refractivity contribution in [2.45, 2.75) is 6.54 Å². The lowest BCUT2D eigenvalue weighted by atomic mass is 9.80. The highest BCUT2D eigenvalue weighted by Gasteiger charge is 2.34. The minimum absolute atomic E-state index is 0.726. The molecular weight excluding hydrogens is 861 g/mol. The molecule has 0 unspecified atom stereocenters. The van der Waals surface area contributed by atoms with E-state index >= 15 is 0 Å². The third kappa shape index (κ3) is 4.70. The van der Waals surface area contributed by atoms with Crippen molar-refractivity contribution in [1.29, 1.82) is 0 Å². The smallest absolute Gasteiger partial charge is 0.0641 e. The predicted octanol–water partition coefficient (Wildman–Crippen LogP) is 17.5. The van der Waals surface area contributed by atoms with Crippen molar-refractivity contribution in [3.8, 4) is 44.8 Å². The van der Waals surface area contributed by atoms with Gasteiger partial charge in [-0.3, -0.25) is 0 Å². The Bertz CT molecular complexity index is 4920. The number of fused-ring (bicyclic) bond motifs is 19. The summed E-state index contributed by atoms with van der Waals surface area (Å²) in [6.07, 6.45) is 0. The summed E-state index contributed by atoms with van der Waals surface area (Å²) in [5.74, 6) is 0. The molecule has 16 aromatic rings. The zero-order chi connectivity index (χ0) is 46.1. The number of hydrogen-bond acceptors (Lipinski definition) is 0. The Labute approximate surface area is 407 Å². The lowest BCUT2D eigenvalue weighted by molar-refractivity contribution is 0.864. The van der Waals surface area contributed by atoms with Crippen LogP contribution in [0, 0.1) is 0 Å². The third-order valence-corrected chi connectivity index (χ3v) is 16.1. The van der Waals surface area contributed by atoms with Crippen LogP contribution < -0.4 is 0 Å². The second-order valence-corrected chi connectivity index (χ2v) is 19.5. The Kier molecular flexibility index (Phi) is 7.23. The summed E-state index contributed by atoms with van der Waals surface area (Å²) in [4.78, 5) is 0. The van der Waals surface area contributed by atoms with E-state index in [-0.39, 0.29) is 0 Å². The molecule has 71 heavy (non-hydrogen) atoms. The summed E-state index contributed by atoms with van der Waals surface area (Å²) in [5.41, 5.74) is 22.5. The maximum Gasteiger partial charge on any atom is 0.0641 e. The Morgan fingerprint density at radius 1 is 0.268 bits per heavy atom. The maximum atomic E-state index is 2.66. The highest BCUT2D eigenvalue weighted by atomic mass is 15.0. The van der Waals surface area contributed by atoms with E-state index in [0.29, 0.717) is 0 Å². The van der Waals surface area contributed by atoms with Crippen LogP contribution >= 0.6 is 0 Å². The molecule has 0 saturated heterocycles. The van der Waals surface area contributed by atoms with Gasteiger partial charge in [0.15, 0.2) is 0 Å². The van der Waals surface area contributed by atoms with E-state index in [9.17, 15) is 0 Å². The summed E-state index contributed by atoms with van der Waals surface area (Å²) in [5, 5.41) is 12.8. The maximum absolute atomic E-state index is 2.66. The van der Waals surface area contributed by atoms with Gasteiger partial charge in [-0.2, -0.15) is 0 Å². The van der Waals surface area contributed by atoms with Crippen LogP contribution in [0.2, 0.25) is 0 Å². The average molecular weight is 901 g/mol.